The van der Waals surface area contributed by atoms with Crippen molar-refractivity contribution in [1.29, 1.82) is 0 Å². The van der Waals surface area contributed by atoms with Crippen molar-refractivity contribution in [2.75, 3.05) is 6.54 Å². The lowest BCUT2D eigenvalue weighted by Gasteiger charge is -2.34. The molecule has 0 aromatic heterocycles. The molecule has 0 amide bonds. The summed E-state index contributed by atoms with van der Waals surface area (Å²) in [4.78, 5) is 10.4. The van der Waals surface area contributed by atoms with Crippen LogP contribution in [-0.4, -0.2) is 23.4 Å². The summed E-state index contributed by atoms with van der Waals surface area (Å²) in [5.41, 5.74) is 4.92. The normalized spacial score (nSPS) is 21.8. The fraction of sp³-hybridized carbons (Fsp3) is 0.875. The summed E-state index contributed by atoms with van der Waals surface area (Å²) in [6.07, 6.45) is 3.54. The quantitative estimate of drug-likeness (QED) is 0.618. The van der Waals surface area contributed by atoms with Crippen molar-refractivity contribution in [1.82, 2.24) is 0 Å². The molecule has 1 fully saturated rings. The summed E-state index contributed by atoms with van der Waals surface area (Å²) in [6, 6.07) is 0. The largest absolute Gasteiger partial charge is 0.506 e. The van der Waals surface area contributed by atoms with Gasteiger partial charge in [-0.1, -0.05) is 6.42 Å². The van der Waals surface area contributed by atoms with E-state index in [1.807, 2.05) is 0 Å². The Balaban J connectivity index is 2.53. The van der Waals surface area contributed by atoms with Gasteiger partial charge >= 0.3 is 6.16 Å². The molecule has 0 spiro atoms. The van der Waals surface area contributed by atoms with Gasteiger partial charge in [-0.3, -0.25) is 0 Å². The molecule has 3 N–H and O–H groups in total. The standard InChI is InChI=1S/C8H15NO3/c9-6-8(12-7(10)11)4-2-1-3-5-8/h1-6,9H2,(H,10,11). The van der Waals surface area contributed by atoms with Crippen LogP contribution in [0, 0.1) is 0 Å². The third kappa shape index (κ3) is 2.11. The SMILES string of the molecule is NCC1(OC(=O)O)CCCCC1. The van der Waals surface area contributed by atoms with Crippen LogP contribution < -0.4 is 5.73 Å². The molecule has 1 aliphatic carbocycles. The Labute approximate surface area is 71.7 Å². The van der Waals surface area contributed by atoms with E-state index in [0.29, 0.717) is 6.54 Å². The van der Waals surface area contributed by atoms with E-state index in [2.05, 4.69) is 0 Å². The van der Waals surface area contributed by atoms with Crippen LogP contribution in [0.4, 0.5) is 4.79 Å². The molecule has 0 heterocycles. The molecule has 0 bridgehead atoms. The maximum atomic E-state index is 10.4. The van der Waals surface area contributed by atoms with Gasteiger partial charge in [0.25, 0.3) is 0 Å². The number of nitrogens with two attached hydrogens (primary N) is 1. The van der Waals surface area contributed by atoms with Crippen LogP contribution in [0.15, 0.2) is 0 Å². The van der Waals surface area contributed by atoms with Gasteiger partial charge in [0.05, 0.1) is 0 Å². The van der Waals surface area contributed by atoms with Gasteiger partial charge in [0, 0.05) is 6.54 Å². The van der Waals surface area contributed by atoms with Crippen LogP contribution in [0.1, 0.15) is 32.1 Å². The second-order valence-corrected chi connectivity index (χ2v) is 3.32. The van der Waals surface area contributed by atoms with Crippen molar-refractivity contribution >= 4 is 6.16 Å². The van der Waals surface area contributed by atoms with E-state index >= 15 is 0 Å². The first kappa shape index (κ1) is 9.32. The Morgan fingerprint density at radius 1 is 1.42 bits per heavy atom. The minimum Gasteiger partial charge on any atom is -0.450 e. The molecule has 0 aromatic carbocycles. The predicted octanol–water partition coefficient (Wildman–Crippen LogP) is 1.34. The van der Waals surface area contributed by atoms with Crippen molar-refractivity contribution in [3.63, 3.8) is 0 Å². The zero-order valence-electron chi connectivity index (χ0n) is 7.08. The van der Waals surface area contributed by atoms with E-state index in [9.17, 15) is 4.79 Å². The van der Waals surface area contributed by atoms with E-state index in [0.717, 1.165) is 32.1 Å². The van der Waals surface area contributed by atoms with Gasteiger partial charge in [0.2, 0.25) is 0 Å². The molecule has 0 saturated heterocycles. The number of carboxylic acid groups (broad SMARTS) is 1. The average Bonchev–Trinajstić information content (AvgIpc) is 2.05. The molecule has 70 valence electrons. The van der Waals surface area contributed by atoms with Gasteiger partial charge in [-0.05, 0) is 25.7 Å². The highest BCUT2D eigenvalue weighted by Crippen LogP contribution is 2.30. The molecule has 1 aliphatic rings. The zero-order valence-corrected chi connectivity index (χ0v) is 7.08. The summed E-state index contributed by atoms with van der Waals surface area (Å²) in [5.74, 6) is 0. The topological polar surface area (TPSA) is 72.5 Å². The third-order valence-corrected chi connectivity index (χ3v) is 2.44. The van der Waals surface area contributed by atoms with Crippen LogP contribution in [-0.2, 0) is 4.74 Å². The molecular weight excluding hydrogens is 158 g/mol. The maximum Gasteiger partial charge on any atom is 0.506 e. The van der Waals surface area contributed by atoms with E-state index < -0.39 is 11.8 Å². The van der Waals surface area contributed by atoms with E-state index in [4.69, 9.17) is 15.6 Å². The molecule has 0 aromatic rings. The Bertz CT molecular complexity index is 164. The number of carbonyl (C=O) groups is 1. The number of rotatable bonds is 2. The second kappa shape index (κ2) is 3.76. The van der Waals surface area contributed by atoms with Crippen molar-refractivity contribution in [2.24, 2.45) is 5.73 Å². The Kier molecular flexibility index (Phi) is 2.92. The van der Waals surface area contributed by atoms with Crippen LogP contribution >= 0.6 is 0 Å². The first-order valence-electron chi connectivity index (χ1n) is 4.30. The first-order chi connectivity index (χ1) is 5.68. The summed E-state index contributed by atoms with van der Waals surface area (Å²) in [7, 11) is 0. The summed E-state index contributed by atoms with van der Waals surface area (Å²) >= 11 is 0. The van der Waals surface area contributed by atoms with Crippen LogP contribution in [0.2, 0.25) is 0 Å². The lowest BCUT2D eigenvalue weighted by molar-refractivity contribution is -0.0353. The summed E-state index contributed by atoms with van der Waals surface area (Å²) in [5, 5.41) is 8.48. The fourth-order valence-electron chi connectivity index (χ4n) is 1.73. The van der Waals surface area contributed by atoms with Crippen LogP contribution in [0.5, 0.6) is 0 Å². The molecule has 4 nitrogen and oxygen atoms in total. The van der Waals surface area contributed by atoms with Gasteiger partial charge in [-0.15, -0.1) is 0 Å². The fourth-order valence-corrected chi connectivity index (χ4v) is 1.73. The highest BCUT2D eigenvalue weighted by Gasteiger charge is 2.34. The molecule has 0 atom stereocenters. The third-order valence-electron chi connectivity index (χ3n) is 2.44. The van der Waals surface area contributed by atoms with E-state index in [1.165, 1.54) is 0 Å². The van der Waals surface area contributed by atoms with Crippen molar-refractivity contribution in [3.8, 4) is 0 Å². The molecule has 0 aliphatic heterocycles. The molecule has 4 heteroatoms. The van der Waals surface area contributed by atoms with Gasteiger partial charge in [-0.2, -0.15) is 0 Å². The Morgan fingerprint density at radius 2 is 2.00 bits per heavy atom. The first-order valence-corrected chi connectivity index (χ1v) is 4.30. The monoisotopic (exact) mass is 173 g/mol. The minimum absolute atomic E-state index is 0.305. The van der Waals surface area contributed by atoms with Gasteiger partial charge < -0.3 is 15.6 Å². The lowest BCUT2D eigenvalue weighted by Crippen LogP contribution is -2.43. The van der Waals surface area contributed by atoms with Gasteiger partial charge in [0.1, 0.15) is 5.60 Å². The van der Waals surface area contributed by atoms with Crippen molar-refractivity contribution in [2.45, 2.75) is 37.7 Å². The maximum absolute atomic E-state index is 10.4. The zero-order chi connectivity index (χ0) is 9.03. The molecule has 1 rings (SSSR count). The molecule has 0 unspecified atom stereocenters. The smallest absolute Gasteiger partial charge is 0.450 e. The van der Waals surface area contributed by atoms with Gasteiger partial charge in [0.15, 0.2) is 0 Å². The number of ether oxygens (including phenoxy) is 1. The van der Waals surface area contributed by atoms with Crippen molar-refractivity contribution in [3.05, 3.63) is 0 Å². The highest BCUT2D eigenvalue weighted by atomic mass is 16.7. The Morgan fingerprint density at radius 3 is 2.42 bits per heavy atom. The van der Waals surface area contributed by atoms with Crippen LogP contribution in [0.25, 0.3) is 0 Å². The van der Waals surface area contributed by atoms with Gasteiger partial charge in [-0.25, -0.2) is 4.79 Å². The van der Waals surface area contributed by atoms with Crippen LogP contribution in [0.3, 0.4) is 0 Å². The number of hydrogen-bond acceptors (Lipinski definition) is 3. The van der Waals surface area contributed by atoms with Crippen molar-refractivity contribution < 1.29 is 14.6 Å². The minimum atomic E-state index is -1.21. The van der Waals surface area contributed by atoms with E-state index in [-0.39, 0.29) is 0 Å². The predicted molar refractivity (Wildman–Crippen MR) is 44.0 cm³/mol. The summed E-state index contributed by atoms with van der Waals surface area (Å²) < 4.78 is 4.82. The Hall–Kier alpha value is -0.770. The molecule has 12 heavy (non-hydrogen) atoms. The highest BCUT2D eigenvalue weighted by molar-refractivity contribution is 5.57. The molecule has 1 saturated carbocycles. The number of hydrogen-bond donors (Lipinski definition) is 2. The van der Waals surface area contributed by atoms with E-state index in [1.54, 1.807) is 0 Å². The molecule has 0 radical (unpaired) electrons. The lowest BCUT2D eigenvalue weighted by atomic mass is 9.85. The molecular formula is C8H15NO3. The average molecular weight is 173 g/mol. The second-order valence-electron chi connectivity index (χ2n) is 3.32. The summed E-state index contributed by atoms with van der Waals surface area (Å²) in [6.45, 7) is 0.305.